The fraction of sp³-hybridized carbons (Fsp3) is 0.455. The quantitative estimate of drug-likeness (QED) is 0.597. The number of rotatable bonds is 0. The van der Waals surface area contributed by atoms with Gasteiger partial charge in [-0.05, 0) is 29.3 Å². The highest BCUT2D eigenvalue weighted by atomic mass is 32.1. The molecule has 2 rings (SSSR count). The first-order valence-electron chi connectivity index (χ1n) is 4.47. The molecule has 0 saturated carbocycles. The summed E-state index contributed by atoms with van der Waals surface area (Å²) in [6.45, 7) is 9.11. The highest BCUT2D eigenvalue weighted by Gasteiger charge is 2.20. The highest BCUT2D eigenvalue weighted by Crippen LogP contribution is 2.40. The summed E-state index contributed by atoms with van der Waals surface area (Å²) in [5.41, 5.74) is 1.79. The van der Waals surface area contributed by atoms with Crippen molar-refractivity contribution in [2.24, 2.45) is 0 Å². The smallest absolute Gasteiger partial charge is 0.0482 e. The number of fused-ring (bicyclic) bond motifs is 1. The zero-order valence-corrected chi connectivity index (χ0v) is 10.1. The molecule has 2 aromatic heterocycles. The molecule has 0 radical (unpaired) electrons. The highest BCUT2D eigenvalue weighted by molar-refractivity contribution is 7.27. The zero-order valence-electron chi connectivity index (χ0n) is 8.47. The topological polar surface area (TPSA) is 0 Å². The van der Waals surface area contributed by atoms with Crippen LogP contribution in [0.1, 0.15) is 31.2 Å². The van der Waals surface area contributed by atoms with E-state index in [0.29, 0.717) is 5.41 Å². The van der Waals surface area contributed by atoms with Gasteiger partial charge in [-0.2, -0.15) is 0 Å². The Labute approximate surface area is 87.2 Å². The van der Waals surface area contributed by atoms with E-state index in [-0.39, 0.29) is 0 Å². The Morgan fingerprint density at radius 3 is 2.46 bits per heavy atom. The van der Waals surface area contributed by atoms with Crippen LogP contribution in [0.25, 0.3) is 9.40 Å². The minimum Gasteiger partial charge on any atom is -0.143 e. The molecule has 2 heteroatoms. The molecule has 0 unspecified atom stereocenters. The van der Waals surface area contributed by atoms with E-state index in [9.17, 15) is 0 Å². The van der Waals surface area contributed by atoms with Gasteiger partial charge in [0.05, 0.1) is 0 Å². The first kappa shape index (κ1) is 9.22. The van der Waals surface area contributed by atoms with Crippen LogP contribution >= 0.6 is 22.7 Å². The maximum atomic E-state index is 2.29. The molecule has 0 spiro atoms. The number of hydrogen-bond donors (Lipinski definition) is 0. The van der Waals surface area contributed by atoms with Gasteiger partial charge < -0.3 is 0 Å². The summed E-state index contributed by atoms with van der Waals surface area (Å²) in [6.07, 6.45) is 0. The van der Waals surface area contributed by atoms with E-state index in [0.717, 1.165) is 0 Å². The van der Waals surface area contributed by atoms with Gasteiger partial charge in [0, 0.05) is 14.3 Å². The van der Waals surface area contributed by atoms with Gasteiger partial charge in [0.1, 0.15) is 0 Å². The molecule has 13 heavy (non-hydrogen) atoms. The zero-order chi connectivity index (χ0) is 9.64. The van der Waals surface area contributed by atoms with Crippen molar-refractivity contribution >= 4 is 32.1 Å². The minimum atomic E-state index is 0.299. The summed E-state index contributed by atoms with van der Waals surface area (Å²) >= 11 is 3.81. The van der Waals surface area contributed by atoms with Gasteiger partial charge >= 0.3 is 0 Å². The molecule has 0 aliphatic rings. The molecular formula is C11H14S2. The van der Waals surface area contributed by atoms with Crippen molar-refractivity contribution in [2.75, 3.05) is 0 Å². The standard InChI is InChI=1S/C11H14S2/c1-7-9-8(5-6-12-9)13-10(7)11(2,3)4/h5-6H,1-4H3. The summed E-state index contributed by atoms with van der Waals surface area (Å²) < 4.78 is 2.93. The van der Waals surface area contributed by atoms with Crippen LogP contribution < -0.4 is 0 Å². The molecule has 0 aromatic carbocycles. The van der Waals surface area contributed by atoms with Crippen LogP contribution in [0.3, 0.4) is 0 Å². The van der Waals surface area contributed by atoms with Crippen LogP contribution in [-0.2, 0) is 5.41 Å². The maximum Gasteiger partial charge on any atom is 0.0482 e. The van der Waals surface area contributed by atoms with Crippen LogP contribution in [0.15, 0.2) is 11.4 Å². The van der Waals surface area contributed by atoms with E-state index in [1.165, 1.54) is 19.8 Å². The summed E-state index contributed by atoms with van der Waals surface area (Å²) in [4.78, 5) is 1.54. The molecular weight excluding hydrogens is 196 g/mol. The number of hydrogen-bond acceptors (Lipinski definition) is 2. The number of thiophene rings is 2. The normalized spacial score (nSPS) is 12.6. The molecule has 0 nitrogen and oxygen atoms in total. The molecule has 70 valence electrons. The third-order valence-electron chi connectivity index (χ3n) is 2.20. The van der Waals surface area contributed by atoms with Crippen LogP contribution in [0.5, 0.6) is 0 Å². The third kappa shape index (κ3) is 1.42. The number of aryl methyl sites for hydroxylation is 1. The summed E-state index contributed by atoms with van der Waals surface area (Å²) in [5.74, 6) is 0. The fourth-order valence-electron chi connectivity index (χ4n) is 1.66. The van der Waals surface area contributed by atoms with Crippen molar-refractivity contribution in [3.05, 3.63) is 21.9 Å². The fourth-order valence-corrected chi connectivity index (χ4v) is 4.04. The van der Waals surface area contributed by atoms with Crippen molar-refractivity contribution in [2.45, 2.75) is 33.1 Å². The summed E-state index contributed by atoms with van der Waals surface area (Å²) in [5, 5.41) is 2.18. The molecule has 0 fully saturated rings. The van der Waals surface area contributed by atoms with Gasteiger partial charge in [0.2, 0.25) is 0 Å². The van der Waals surface area contributed by atoms with Gasteiger partial charge in [-0.25, -0.2) is 0 Å². The van der Waals surface area contributed by atoms with E-state index in [4.69, 9.17) is 0 Å². The molecule has 2 heterocycles. The molecule has 0 amide bonds. The first-order chi connectivity index (χ1) is 6.00. The van der Waals surface area contributed by atoms with Crippen LogP contribution in [0.2, 0.25) is 0 Å². The van der Waals surface area contributed by atoms with E-state index in [1.807, 2.05) is 22.7 Å². The van der Waals surface area contributed by atoms with E-state index in [1.54, 1.807) is 0 Å². The molecule has 0 aliphatic heterocycles. The Balaban J connectivity index is 2.71. The average molecular weight is 210 g/mol. The molecule has 0 aliphatic carbocycles. The van der Waals surface area contributed by atoms with Gasteiger partial charge in [-0.15, -0.1) is 22.7 Å². The van der Waals surface area contributed by atoms with Crippen LogP contribution in [-0.4, -0.2) is 0 Å². The predicted octanol–water partition coefficient (Wildman–Crippen LogP) is 4.57. The lowest BCUT2D eigenvalue weighted by atomic mass is 9.92. The molecule has 0 bridgehead atoms. The van der Waals surface area contributed by atoms with Crippen LogP contribution in [0, 0.1) is 6.92 Å². The molecule has 0 N–H and O–H groups in total. The Morgan fingerprint density at radius 1 is 1.23 bits per heavy atom. The van der Waals surface area contributed by atoms with E-state index >= 15 is 0 Å². The van der Waals surface area contributed by atoms with E-state index < -0.39 is 0 Å². The SMILES string of the molecule is Cc1c(C(C)(C)C)sc2ccsc12. The van der Waals surface area contributed by atoms with Gasteiger partial charge in [-0.1, -0.05) is 20.8 Å². The van der Waals surface area contributed by atoms with Crippen molar-refractivity contribution in [3.63, 3.8) is 0 Å². The second-order valence-electron chi connectivity index (χ2n) is 4.42. The Bertz CT molecular complexity index is 426. The van der Waals surface area contributed by atoms with E-state index in [2.05, 4.69) is 39.1 Å². The Morgan fingerprint density at radius 2 is 1.92 bits per heavy atom. The third-order valence-corrected chi connectivity index (χ3v) is 5.05. The second-order valence-corrected chi connectivity index (χ2v) is 6.39. The summed E-state index contributed by atoms with van der Waals surface area (Å²) in [6, 6.07) is 2.23. The Hall–Kier alpha value is -0.340. The van der Waals surface area contributed by atoms with Crippen molar-refractivity contribution < 1.29 is 0 Å². The monoisotopic (exact) mass is 210 g/mol. The predicted molar refractivity (Wildman–Crippen MR) is 63.1 cm³/mol. The lowest BCUT2D eigenvalue weighted by molar-refractivity contribution is 0.601. The lowest BCUT2D eigenvalue weighted by Crippen LogP contribution is -2.09. The Kier molecular flexibility index (Phi) is 2.00. The van der Waals surface area contributed by atoms with Crippen molar-refractivity contribution in [1.82, 2.24) is 0 Å². The summed E-state index contributed by atoms with van der Waals surface area (Å²) in [7, 11) is 0. The van der Waals surface area contributed by atoms with Crippen molar-refractivity contribution in [3.8, 4) is 0 Å². The first-order valence-corrected chi connectivity index (χ1v) is 6.17. The average Bonchev–Trinajstić information content (AvgIpc) is 2.51. The van der Waals surface area contributed by atoms with Gasteiger partial charge in [0.15, 0.2) is 0 Å². The second kappa shape index (κ2) is 2.82. The van der Waals surface area contributed by atoms with Crippen LogP contribution in [0.4, 0.5) is 0 Å². The molecule has 0 atom stereocenters. The minimum absolute atomic E-state index is 0.299. The van der Waals surface area contributed by atoms with Gasteiger partial charge in [0.25, 0.3) is 0 Å². The largest absolute Gasteiger partial charge is 0.143 e. The molecule has 2 aromatic rings. The van der Waals surface area contributed by atoms with Gasteiger partial charge in [-0.3, -0.25) is 0 Å². The maximum absolute atomic E-state index is 2.29. The van der Waals surface area contributed by atoms with Crippen molar-refractivity contribution in [1.29, 1.82) is 0 Å². The lowest BCUT2D eigenvalue weighted by Gasteiger charge is -2.17. The molecule has 0 saturated heterocycles.